The number of nitrogens with one attached hydrogen (secondary N) is 1. The highest BCUT2D eigenvalue weighted by molar-refractivity contribution is 9.10. The Labute approximate surface area is 167 Å². The lowest BCUT2D eigenvalue weighted by atomic mass is 10.1. The summed E-state index contributed by atoms with van der Waals surface area (Å²) in [5.74, 6) is 0.853. The van der Waals surface area contributed by atoms with Gasteiger partial charge in [0.25, 0.3) is 0 Å². The van der Waals surface area contributed by atoms with Crippen LogP contribution in [0.1, 0.15) is 11.1 Å². The van der Waals surface area contributed by atoms with E-state index in [0.29, 0.717) is 6.61 Å². The van der Waals surface area contributed by atoms with Gasteiger partial charge in [-0.05, 0) is 62.1 Å². The monoisotopic (exact) mass is 417 g/mol. The average molecular weight is 418 g/mol. The summed E-state index contributed by atoms with van der Waals surface area (Å²) in [4.78, 5) is 0. The smallest absolute Gasteiger partial charge is 0.134 e. The molecule has 0 heterocycles. The first-order chi connectivity index (χ1) is 13.3. The van der Waals surface area contributed by atoms with E-state index in [1.165, 1.54) is 21.9 Å². The molecule has 0 aliphatic rings. The van der Waals surface area contributed by atoms with Gasteiger partial charge in [0.05, 0.1) is 4.47 Å². The summed E-state index contributed by atoms with van der Waals surface area (Å²) >= 11 is 3.64. The van der Waals surface area contributed by atoms with E-state index >= 15 is 0 Å². The van der Waals surface area contributed by atoms with E-state index < -0.39 is 0 Å². The lowest BCUT2D eigenvalue weighted by Gasteiger charge is -2.12. The van der Waals surface area contributed by atoms with Crippen LogP contribution >= 0.6 is 15.9 Å². The highest BCUT2D eigenvalue weighted by Gasteiger charge is 2.06. The van der Waals surface area contributed by atoms with Gasteiger partial charge < -0.3 is 10.1 Å². The standard InChI is InChI=1S/C24H20BrNO/c25-23-15-18(16-26-21-10-2-1-3-11-21)13-14-24(23)27-17-20-9-6-8-19-7-4-5-12-22(19)20/h1-15,26H,16-17H2. The Kier molecular flexibility index (Phi) is 5.40. The number of para-hydroxylation sites is 1. The minimum Gasteiger partial charge on any atom is -0.488 e. The first kappa shape index (κ1) is 17.6. The second-order valence-electron chi connectivity index (χ2n) is 6.41. The third kappa shape index (κ3) is 4.32. The first-order valence-corrected chi connectivity index (χ1v) is 9.76. The van der Waals surface area contributed by atoms with Crippen molar-refractivity contribution in [2.75, 3.05) is 5.32 Å². The molecule has 0 amide bonds. The summed E-state index contributed by atoms with van der Waals surface area (Å²) in [6.07, 6.45) is 0. The normalized spacial score (nSPS) is 10.7. The topological polar surface area (TPSA) is 21.3 Å². The molecule has 4 rings (SSSR count). The number of hydrogen-bond donors (Lipinski definition) is 1. The second-order valence-corrected chi connectivity index (χ2v) is 7.27. The molecule has 0 radical (unpaired) electrons. The number of halogens is 1. The number of fused-ring (bicyclic) bond motifs is 1. The molecule has 134 valence electrons. The third-order valence-corrected chi connectivity index (χ3v) is 5.15. The first-order valence-electron chi connectivity index (χ1n) is 8.96. The van der Waals surface area contributed by atoms with Gasteiger partial charge in [0.2, 0.25) is 0 Å². The van der Waals surface area contributed by atoms with E-state index in [4.69, 9.17) is 4.74 Å². The van der Waals surface area contributed by atoms with Crippen LogP contribution < -0.4 is 10.1 Å². The van der Waals surface area contributed by atoms with Crippen LogP contribution in [0.25, 0.3) is 10.8 Å². The summed E-state index contributed by atoms with van der Waals surface area (Å²) < 4.78 is 7.05. The SMILES string of the molecule is Brc1cc(CNc2ccccc2)ccc1OCc1cccc2ccccc12. The molecule has 0 spiro atoms. The molecule has 3 heteroatoms. The molecule has 0 saturated heterocycles. The quantitative estimate of drug-likeness (QED) is 0.372. The molecule has 0 saturated carbocycles. The van der Waals surface area contributed by atoms with Crippen molar-refractivity contribution in [3.05, 3.63) is 107 Å². The van der Waals surface area contributed by atoms with Crippen LogP contribution in [-0.4, -0.2) is 0 Å². The van der Waals surface area contributed by atoms with Crippen LogP contribution in [0.2, 0.25) is 0 Å². The second kappa shape index (κ2) is 8.28. The number of ether oxygens (including phenoxy) is 1. The molecular weight excluding hydrogens is 398 g/mol. The number of rotatable bonds is 6. The van der Waals surface area contributed by atoms with Crippen molar-refractivity contribution in [1.82, 2.24) is 0 Å². The summed E-state index contributed by atoms with van der Waals surface area (Å²) in [6, 6.07) is 31.2. The maximum absolute atomic E-state index is 6.08. The van der Waals surface area contributed by atoms with Crippen molar-refractivity contribution in [2.45, 2.75) is 13.2 Å². The minimum absolute atomic E-state index is 0.543. The van der Waals surface area contributed by atoms with Crippen LogP contribution in [0.15, 0.2) is 95.5 Å². The molecule has 0 aliphatic heterocycles. The molecule has 0 bridgehead atoms. The van der Waals surface area contributed by atoms with Crippen LogP contribution in [0.4, 0.5) is 5.69 Å². The molecule has 0 unspecified atom stereocenters. The van der Waals surface area contributed by atoms with Crippen LogP contribution in [0.3, 0.4) is 0 Å². The van der Waals surface area contributed by atoms with Gasteiger partial charge >= 0.3 is 0 Å². The van der Waals surface area contributed by atoms with Gasteiger partial charge in [-0.15, -0.1) is 0 Å². The predicted molar refractivity (Wildman–Crippen MR) is 116 cm³/mol. The van der Waals surface area contributed by atoms with Gasteiger partial charge in [0.15, 0.2) is 0 Å². The van der Waals surface area contributed by atoms with Gasteiger partial charge in [0.1, 0.15) is 12.4 Å². The summed E-state index contributed by atoms with van der Waals surface area (Å²) in [7, 11) is 0. The fraction of sp³-hybridized carbons (Fsp3) is 0.0833. The molecule has 0 fully saturated rings. The largest absolute Gasteiger partial charge is 0.488 e. The lowest BCUT2D eigenvalue weighted by Crippen LogP contribution is -2.00. The summed E-state index contributed by atoms with van der Waals surface area (Å²) in [5, 5.41) is 5.90. The number of anilines is 1. The predicted octanol–water partition coefficient (Wildman–Crippen LogP) is 6.79. The number of hydrogen-bond acceptors (Lipinski definition) is 2. The highest BCUT2D eigenvalue weighted by Crippen LogP contribution is 2.28. The molecule has 1 N–H and O–H groups in total. The van der Waals surface area contributed by atoms with Gasteiger partial charge in [-0.2, -0.15) is 0 Å². The lowest BCUT2D eigenvalue weighted by molar-refractivity contribution is 0.305. The zero-order valence-corrected chi connectivity index (χ0v) is 16.4. The molecule has 2 nitrogen and oxygen atoms in total. The van der Waals surface area contributed by atoms with Gasteiger partial charge in [-0.3, -0.25) is 0 Å². The molecule has 0 aliphatic carbocycles. The summed E-state index contributed by atoms with van der Waals surface area (Å²) in [5.41, 5.74) is 3.50. The Morgan fingerprint density at radius 2 is 1.56 bits per heavy atom. The maximum atomic E-state index is 6.08. The third-order valence-electron chi connectivity index (χ3n) is 4.53. The fourth-order valence-corrected chi connectivity index (χ4v) is 3.65. The van der Waals surface area contributed by atoms with Crippen molar-refractivity contribution in [3.8, 4) is 5.75 Å². The van der Waals surface area contributed by atoms with Crippen LogP contribution in [-0.2, 0) is 13.2 Å². The van der Waals surface area contributed by atoms with E-state index in [-0.39, 0.29) is 0 Å². The fourth-order valence-electron chi connectivity index (χ4n) is 3.11. The van der Waals surface area contributed by atoms with Crippen molar-refractivity contribution >= 4 is 32.4 Å². The van der Waals surface area contributed by atoms with Crippen molar-refractivity contribution in [2.24, 2.45) is 0 Å². The van der Waals surface area contributed by atoms with Gasteiger partial charge in [-0.25, -0.2) is 0 Å². The van der Waals surface area contributed by atoms with Crippen molar-refractivity contribution in [3.63, 3.8) is 0 Å². The molecule has 0 atom stereocenters. The van der Waals surface area contributed by atoms with Crippen molar-refractivity contribution < 1.29 is 4.74 Å². The maximum Gasteiger partial charge on any atom is 0.134 e. The zero-order valence-electron chi connectivity index (χ0n) is 14.9. The Bertz CT molecular complexity index is 1040. The van der Waals surface area contributed by atoms with Crippen molar-refractivity contribution in [1.29, 1.82) is 0 Å². The number of benzene rings is 4. The van der Waals surface area contributed by atoms with Gasteiger partial charge in [-0.1, -0.05) is 66.7 Å². The van der Waals surface area contributed by atoms with Crippen LogP contribution in [0.5, 0.6) is 5.75 Å². The van der Waals surface area contributed by atoms with E-state index in [1.807, 2.05) is 24.3 Å². The Hall–Kier alpha value is -2.78. The van der Waals surface area contributed by atoms with Crippen LogP contribution in [0, 0.1) is 0 Å². The summed E-state index contributed by atoms with van der Waals surface area (Å²) in [6.45, 7) is 1.31. The van der Waals surface area contributed by atoms with E-state index in [9.17, 15) is 0 Å². The Morgan fingerprint density at radius 1 is 0.778 bits per heavy atom. The minimum atomic E-state index is 0.543. The molecule has 27 heavy (non-hydrogen) atoms. The molecule has 4 aromatic carbocycles. The zero-order chi connectivity index (χ0) is 18.5. The average Bonchev–Trinajstić information content (AvgIpc) is 2.72. The Morgan fingerprint density at radius 3 is 2.41 bits per heavy atom. The Balaban J connectivity index is 1.43. The molecule has 0 aromatic heterocycles. The van der Waals surface area contributed by atoms with E-state index in [0.717, 1.165) is 22.5 Å². The molecule has 4 aromatic rings. The van der Waals surface area contributed by atoms with E-state index in [1.54, 1.807) is 0 Å². The van der Waals surface area contributed by atoms with E-state index in [2.05, 4.69) is 88.0 Å². The highest BCUT2D eigenvalue weighted by atomic mass is 79.9. The molecular formula is C24H20BrNO. The van der Waals surface area contributed by atoms with Gasteiger partial charge in [0, 0.05) is 12.2 Å².